The summed E-state index contributed by atoms with van der Waals surface area (Å²) >= 11 is 0. The lowest BCUT2D eigenvalue weighted by molar-refractivity contribution is 0.669. The number of rotatable bonds is 6. The highest BCUT2D eigenvalue weighted by Crippen LogP contribution is 2.40. The summed E-state index contributed by atoms with van der Waals surface area (Å²) in [5, 5.41) is 2.61. The third-order valence-corrected chi connectivity index (χ3v) is 10.1. The Kier molecular flexibility index (Phi) is 5.57. The van der Waals surface area contributed by atoms with E-state index in [2.05, 4.69) is 0 Å². The molecule has 56 heavy (non-hydrogen) atoms. The van der Waals surface area contributed by atoms with Gasteiger partial charge in [-0.15, -0.1) is 0 Å². The first-order valence-corrected chi connectivity index (χ1v) is 18.0. The van der Waals surface area contributed by atoms with E-state index in [1.165, 1.54) is 0 Å². The molecule has 0 aliphatic carbocycles. The van der Waals surface area contributed by atoms with Gasteiger partial charge in [-0.3, -0.25) is 0 Å². The molecule has 0 N–H and O–H groups in total. The number of benzene rings is 8. The van der Waals surface area contributed by atoms with Crippen molar-refractivity contribution in [2.45, 2.75) is 0 Å². The van der Waals surface area contributed by atoms with Gasteiger partial charge in [0.25, 0.3) is 0 Å². The van der Waals surface area contributed by atoms with Gasteiger partial charge in [0.1, 0.15) is 11.2 Å². The number of fused-ring (bicyclic) bond motifs is 6. The molecule has 0 atom stereocenters. The smallest absolute Gasteiger partial charge is 0.167 e. The largest absolute Gasteiger partial charge is 0.455 e. The van der Waals surface area contributed by atoms with E-state index in [-0.39, 0.29) is 34.1 Å². The van der Waals surface area contributed by atoms with E-state index in [1.54, 1.807) is 22.8 Å². The maximum atomic E-state index is 9.18. The number of hydrogen-bond acceptors (Lipinski definition) is 4. The second-order valence-corrected chi connectivity index (χ2v) is 13.3. The zero-order valence-corrected chi connectivity index (χ0v) is 29.5. The minimum atomic E-state index is -0.528. The van der Waals surface area contributed by atoms with Crippen LogP contribution >= 0.6 is 0 Å². The van der Waals surface area contributed by atoms with Crippen LogP contribution in [0.25, 0.3) is 106 Å². The van der Waals surface area contributed by atoms with Gasteiger partial charge in [-0.2, -0.15) is 0 Å². The molecule has 0 bridgehead atoms. The predicted molar refractivity (Wildman–Crippen MR) is 229 cm³/mol. The Morgan fingerprint density at radius 2 is 1.05 bits per heavy atom. The molecule has 8 aromatic carbocycles. The molecule has 0 saturated heterocycles. The van der Waals surface area contributed by atoms with E-state index < -0.39 is 42.3 Å². The first-order valence-electron chi connectivity index (χ1n) is 22.5. The Hall–Kier alpha value is -7.63. The molecule has 262 valence electrons. The quantitative estimate of drug-likeness (QED) is 0.171. The van der Waals surface area contributed by atoms with Crippen molar-refractivity contribution in [1.29, 1.82) is 0 Å². The maximum Gasteiger partial charge on any atom is 0.167 e. The van der Waals surface area contributed by atoms with Gasteiger partial charge < -0.3 is 8.98 Å². The Labute approximate surface area is 335 Å². The van der Waals surface area contributed by atoms with E-state index in [4.69, 9.17) is 30.3 Å². The van der Waals surface area contributed by atoms with Crippen molar-refractivity contribution in [3.05, 3.63) is 194 Å². The topological polar surface area (TPSA) is 56.7 Å². The molecule has 3 heterocycles. The Morgan fingerprint density at radius 3 is 1.93 bits per heavy atom. The summed E-state index contributed by atoms with van der Waals surface area (Å²) in [6.45, 7) is 0. The van der Waals surface area contributed by atoms with Crippen LogP contribution in [0.1, 0.15) is 12.3 Å². The maximum absolute atomic E-state index is 9.18. The lowest BCUT2D eigenvalue weighted by atomic mass is 10.0. The highest BCUT2D eigenvalue weighted by Gasteiger charge is 2.19. The second kappa shape index (κ2) is 13.0. The molecule has 0 radical (unpaired) electrons. The highest BCUT2D eigenvalue weighted by atomic mass is 16.3. The summed E-state index contributed by atoms with van der Waals surface area (Å²) < 4.78 is 86.6. The number of para-hydroxylation sites is 4. The molecule has 0 spiro atoms. The molecule has 5 heteroatoms. The van der Waals surface area contributed by atoms with E-state index in [9.17, 15) is 1.37 Å². The Bertz CT molecular complexity index is 3760. The summed E-state index contributed by atoms with van der Waals surface area (Å²) in [6.07, 6.45) is 0. The van der Waals surface area contributed by atoms with Crippen LogP contribution in [-0.2, 0) is 0 Å². The van der Waals surface area contributed by atoms with Crippen molar-refractivity contribution in [3.63, 3.8) is 0 Å². The van der Waals surface area contributed by atoms with Gasteiger partial charge in [0.2, 0.25) is 0 Å². The average molecular weight is 726 g/mol. The van der Waals surface area contributed by atoms with Crippen LogP contribution in [0.15, 0.2) is 198 Å². The Morgan fingerprint density at radius 1 is 0.429 bits per heavy atom. The van der Waals surface area contributed by atoms with Gasteiger partial charge in [0.05, 0.1) is 28.9 Å². The van der Waals surface area contributed by atoms with E-state index in [0.717, 1.165) is 38.6 Å². The molecule has 0 aliphatic heterocycles. The van der Waals surface area contributed by atoms with Crippen LogP contribution in [0.2, 0.25) is 0 Å². The summed E-state index contributed by atoms with van der Waals surface area (Å²) in [4.78, 5) is 15.0. The number of aromatic nitrogens is 4. The van der Waals surface area contributed by atoms with Crippen LogP contribution in [0.5, 0.6) is 0 Å². The van der Waals surface area contributed by atoms with Gasteiger partial charge in [0.15, 0.2) is 17.5 Å². The fourth-order valence-corrected chi connectivity index (χ4v) is 7.54. The second-order valence-electron chi connectivity index (χ2n) is 13.3. The van der Waals surface area contributed by atoms with Crippen molar-refractivity contribution in [1.82, 2.24) is 19.5 Å². The molecule has 0 saturated carbocycles. The summed E-state index contributed by atoms with van der Waals surface area (Å²) in [6, 6.07) is 40.1. The molecular weight excluding hydrogens is 685 g/mol. The molecule has 0 unspecified atom stereocenters. The minimum absolute atomic E-state index is 0.0482. The first-order chi connectivity index (χ1) is 31.5. The molecular formula is C51H32N4O. The van der Waals surface area contributed by atoms with Crippen LogP contribution in [-0.4, -0.2) is 19.5 Å². The molecule has 5 nitrogen and oxygen atoms in total. The van der Waals surface area contributed by atoms with Gasteiger partial charge in [-0.05, 0) is 53.1 Å². The standard InChI is InChI=1S/C51H32N4O/c1-3-15-33(16-4-1)39-25-13-26-42-40-23-7-9-29-45(40)55(47(39)42)38-22-12-20-36(32-38)35-19-11-21-37(31-35)50-52-49(34-17-5-2-6-18-34)53-51(54-50)44-28-14-27-43-41-24-8-10-30-46(41)56-48(43)44/h1-32H/i1D,3D,4D,7D,9D,15D,16D,23D,29D. The molecule has 11 aromatic rings. The van der Waals surface area contributed by atoms with Crippen molar-refractivity contribution < 1.29 is 16.8 Å². The zero-order chi connectivity index (χ0) is 44.8. The van der Waals surface area contributed by atoms with E-state index in [0.29, 0.717) is 45.2 Å². The fraction of sp³-hybridized carbons (Fsp3) is 0. The monoisotopic (exact) mass is 725 g/mol. The zero-order valence-electron chi connectivity index (χ0n) is 38.5. The normalized spacial score (nSPS) is 13.8. The van der Waals surface area contributed by atoms with Crippen molar-refractivity contribution in [3.8, 4) is 62.1 Å². The van der Waals surface area contributed by atoms with Gasteiger partial charge >= 0.3 is 0 Å². The van der Waals surface area contributed by atoms with Crippen LogP contribution in [0.4, 0.5) is 0 Å². The predicted octanol–water partition coefficient (Wildman–Crippen LogP) is 13.2. The number of nitrogens with zero attached hydrogens (tertiary/aromatic N) is 4. The SMILES string of the molecule is [2H]c1c([2H])c([2H])c(-c2cccc3c4c([2H])c([2H])c([2H])c([2H])c4n(-c4cccc(-c5cccc(-c6nc(-c7ccccc7)nc(-c7cccc8c7oc7ccccc78)n6)c5)c4)c23)c([2H])c1[2H]. The molecule has 0 aliphatic rings. The lowest BCUT2D eigenvalue weighted by Crippen LogP contribution is -2.00. The molecule has 0 fully saturated rings. The van der Waals surface area contributed by atoms with Gasteiger partial charge in [-0.1, -0.05) is 158 Å². The van der Waals surface area contributed by atoms with Crippen molar-refractivity contribution >= 4 is 43.7 Å². The third-order valence-electron chi connectivity index (χ3n) is 10.1. The fourth-order valence-electron chi connectivity index (χ4n) is 7.54. The summed E-state index contributed by atoms with van der Waals surface area (Å²) in [5.41, 5.74) is 6.50. The molecule has 3 aromatic heterocycles. The first kappa shape index (κ1) is 23.9. The van der Waals surface area contributed by atoms with Gasteiger partial charge in [-0.25, -0.2) is 15.0 Å². The molecule has 0 amide bonds. The summed E-state index contributed by atoms with van der Waals surface area (Å²) in [5.74, 6) is 1.36. The van der Waals surface area contributed by atoms with Crippen LogP contribution in [0.3, 0.4) is 0 Å². The third kappa shape index (κ3) is 5.29. The average Bonchev–Trinajstić information content (AvgIpc) is 3.91. The summed E-state index contributed by atoms with van der Waals surface area (Å²) in [7, 11) is 0. The van der Waals surface area contributed by atoms with Crippen LogP contribution < -0.4 is 0 Å². The van der Waals surface area contributed by atoms with Crippen molar-refractivity contribution in [2.24, 2.45) is 0 Å². The van der Waals surface area contributed by atoms with Crippen LogP contribution in [0, 0.1) is 0 Å². The number of hydrogen-bond donors (Lipinski definition) is 0. The lowest BCUT2D eigenvalue weighted by Gasteiger charge is -2.14. The van der Waals surface area contributed by atoms with E-state index in [1.807, 2.05) is 121 Å². The van der Waals surface area contributed by atoms with E-state index >= 15 is 0 Å². The van der Waals surface area contributed by atoms with Crippen molar-refractivity contribution in [2.75, 3.05) is 0 Å². The minimum Gasteiger partial charge on any atom is -0.455 e. The molecule has 11 rings (SSSR count). The number of furan rings is 1. The highest BCUT2D eigenvalue weighted by molar-refractivity contribution is 6.14. The van der Waals surface area contributed by atoms with Gasteiger partial charge in [0, 0.05) is 43.9 Å². The Balaban J connectivity index is 1.11.